The van der Waals surface area contributed by atoms with Crippen LogP contribution in [0.5, 0.6) is 0 Å². The lowest BCUT2D eigenvalue weighted by atomic mass is 9.91. The van der Waals surface area contributed by atoms with E-state index in [4.69, 9.17) is 5.73 Å². The molecule has 1 aliphatic heterocycles. The minimum Gasteiger partial charge on any atom is -0.348 e. The molecule has 184 valence electrons. The number of amides is 3. The molecule has 7 heteroatoms. The van der Waals surface area contributed by atoms with Gasteiger partial charge in [0.1, 0.15) is 6.04 Å². The van der Waals surface area contributed by atoms with Gasteiger partial charge in [-0.3, -0.25) is 19.3 Å². The van der Waals surface area contributed by atoms with E-state index in [0.29, 0.717) is 16.9 Å². The second-order valence-corrected chi connectivity index (χ2v) is 9.49. The predicted octanol–water partition coefficient (Wildman–Crippen LogP) is 3.96. The largest absolute Gasteiger partial charge is 0.348 e. The molecule has 3 aromatic rings. The third-order valence-corrected chi connectivity index (χ3v) is 7.00. The fourth-order valence-corrected chi connectivity index (χ4v) is 5.11. The Labute approximate surface area is 210 Å². The number of rotatable bonds is 5. The van der Waals surface area contributed by atoms with Crippen LogP contribution in [-0.2, 0) is 16.0 Å². The molecule has 0 saturated heterocycles. The Morgan fingerprint density at radius 3 is 2.36 bits per heavy atom. The van der Waals surface area contributed by atoms with Gasteiger partial charge in [-0.15, -0.1) is 0 Å². The van der Waals surface area contributed by atoms with Crippen molar-refractivity contribution >= 4 is 29.1 Å². The van der Waals surface area contributed by atoms with Gasteiger partial charge in [0.2, 0.25) is 5.91 Å². The Kier molecular flexibility index (Phi) is 6.82. The number of hydrogen-bond acceptors (Lipinski definition) is 4. The number of nitrogens with zero attached hydrogens (tertiary/aromatic N) is 1. The van der Waals surface area contributed by atoms with Gasteiger partial charge in [-0.25, -0.2) is 0 Å². The maximum Gasteiger partial charge on any atom is 0.252 e. The Morgan fingerprint density at radius 2 is 1.64 bits per heavy atom. The second-order valence-electron chi connectivity index (χ2n) is 9.49. The minimum atomic E-state index is -0.810. The van der Waals surface area contributed by atoms with E-state index in [1.54, 1.807) is 23.1 Å². The third kappa shape index (κ3) is 4.88. The number of hydrogen-bond donors (Lipinski definition) is 3. The molecule has 3 unspecified atom stereocenters. The van der Waals surface area contributed by atoms with Gasteiger partial charge in [-0.1, -0.05) is 73.5 Å². The zero-order valence-electron chi connectivity index (χ0n) is 20.0. The quantitative estimate of drug-likeness (QED) is 0.512. The van der Waals surface area contributed by atoms with Crippen molar-refractivity contribution in [2.45, 2.75) is 50.2 Å². The summed E-state index contributed by atoms with van der Waals surface area (Å²) in [4.78, 5) is 41.5. The summed E-state index contributed by atoms with van der Waals surface area (Å²) in [5, 5.41) is 5.97. The van der Waals surface area contributed by atoms with Crippen molar-refractivity contribution in [2.24, 2.45) is 5.73 Å². The van der Waals surface area contributed by atoms with Gasteiger partial charge in [-0.05, 0) is 42.2 Å². The van der Waals surface area contributed by atoms with Crippen molar-refractivity contribution < 1.29 is 14.4 Å². The summed E-state index contributed by atoms with van der Waals surface area (Å²) in [5.74, 6) is -0.750. The fraction of sp³-hybridized carbons (Fsp3) is 0.276. The molecule has 1 aliphatic carbocycles. The summed E-state index contributed by atoms with van der Waals surface area (Å²) in [6, 6.07) is 22.9. The molecule has 36 heavy (non-hydrogen) atoms. The van der Waals surface area contributed by atoms with Crippen molar-refractivity contribution in [1.29, 1.82) is 0 Å². The Bertz CT molecular complexity index is 1260. The third-order valence-electron chi connectivity index (χ3n) is 7.00. The molecule has 3 amide bonds. The molecular formula is C29H30N4O3. The molecule has 7 nitrogen and oxygen atoms in total. The SMILES string of the molecule is NC1CCCCC1NC(=O)c1ccc2c(c1)NC(=O)C(c1ccccc1)N2C(=O)Cc1ccccc1. The molecule has 1 heterocycles. The summed E-state index contributed by atoms with van der Waals surface area (Å²) >= 11 is 0. The molecule has 0 spiro atoms. The van der Waals surface area contributed by atoms with Crippen LogP contribution in [-0.4, -0.2) is 29.8 Å². The monoisotopic (exact) mass is 482 g/mol. The molecule has 1 saturated carbocycles. The zero-order chi connectivity index (χ0) is 25.1. The van der Waals surface area contributed by atoms with Crippen molar-refractivity contribution in [3.05, 3.63) is 95.6 Å². The van der Waals surface area contributed by atoms with E-state index >= 15 is 0 Å². The van der Waals surface area contributed by atoms with Crippen LogP contribution < -0.4 is 21.3 Å². The van der Waals surface area contributed by atoms with E-state index in [0.717, 1.165) is 36.8 Å². The predicted molar refractivity (Wildman–Crippen MR) is 140 cm³/mol. The number of anilines is 2. The van der Waals surface area contributed by atoms with Crippen LogP contribution >= 0.6 is 0 Å². The highest BCUT2D eigenvalue weighted by atomic mass is 16.2. The standard InChI is InChI=1S/C29H30N4O3/c30-22-13-7-8-14-23(22)31-28(35)21-15-16-25-24(18-21)32-29(36)27(20-11-5-2-6-12-20)33(25)26(34)17-19-9-3-1-4-10-19/h1-6,9-12,15-16,18,22-23,27H,7-8,13-14,17,30H2,(H,31,35)(H,32,36). The van der Waals surface area contributed by atoms with Gasteiger partial charge in [0, 0.05) is 17.6 Å². The van der Waals surface area contributed by atoms with Crippen LogP contribution in [0.3, 0.4) is 0 Å². The van der Waals surface area contributed by atoms with Crippen LogP contribution in [0, 0.1) is 0 Å². The van der Waals surface area contributed by atoms with E-state index in [9.17, 15) is 14.4 Å². The van der Waals surface area contributed by atoms with Crippen LogP contribution in [0.1, 0.15) is 53.2 Å². The maximum atomic E-state index is 13.6. The second kappa shape index (κ2) is 10.3. The van der Waals surface area contributed by atoms with E-state index in [1.165, 1.54) is 0 Å². The normalized spacial score (nSPS) is 21.3. The average Bonchev–Trinajstić information content (AvgIpc) is 2.90. The number of carbonyl (C=O) groups is 3. The van der Waals surface area contributed by atoms with Crippen molar-refractivity contribution in [1.82, 2.24) is 5.32 Å². The summed E-state index contributed by atoms with van der Waals surface area (Å²) in [7, 11) is 0. The lowest BCUT2D eigenvalue weighted by Crippen LogP contribution is -2.49. The Balaban J connectivity index is 1.47. The van der Waals surface area contributed by atoms with Crippen molar-refractivity contribution in [3.63, 3.8) is 0 Å². The van der Waals surface area contributed by atoms with E-state index in [2.05, 4.69) is 10.6 Å². The van der Waals surface area contributed by atoms with Crippen molar-refractivity contribution in [3.8, 4) is 0 Å². The minimum absolute atomic E-state index is 0.0576. The lowest BCUT2D eigenvalue weighted by molar-refractivity contribution is -0.123. The molecular weight excluding hydrogens is 452 g/mol. The molecule has 5 rings (SSSR count). The first-order valence-corrected chi connectivity index (χ1v) is 12.4. The first-order chi connectivity index (χ1) is 17.5. The van der Waals surface area contributed by atoms with Crippen LogP contribution in [0.25, 0.3) is 0 Å². The Hall–Kier alpha value is -3.97. The number of nitrogens with two attached hydrogens (primary N) is 1. The average molecular weight is 483 g/mol. The van der Waals surface area contributed by atoms with Crippen LogP contribution in [0.2, 0.25) is 0 Å². The first-order valence-electron chi connectivity index (χ1n) is 12.4. The number of carbonyl (C=O) groups excluding carboxylic acids is 3. The summed E-state index contributed by atoms with van der Waals surface area (Å²) in [5.41, 5.74) is 9.21. The fourth-order valence-electron chi connectivity index (χ4n) is 5.11. The Morgan fingerprint density at radius 1 is 0.944 bits per heavy atom. The molecule has 0 bridgehead atoms. The summed E-state index contributed by atoms with van der Waals surface area (Å²) < 4.78 is 0. The van der Waals surface area contributed by atoms with Crippen molar-refractivity contribution in [2.75, 3.05) is 10.2 Å². The summed E-state index contributed by atoms with van der Waals surface area (Å²) in [6.07, 6.45) is 4.02. The molecule has 1 fully saturated rings. The summed E-state index contributed by atoms with van der Waals surface area (Å²) in [6.45, 7) is 0. The molecule has 3 aromatic carbocycles. The highest BCUT2D eigenvalue weighted by Crippen LogP contribution is 2.39. The van der Waals surface area contributed by atoms with Gasteiger partial charge in [0.25, 0.3) is 11.8 Å². The zero-order valence-corrected chi connectivity index (χ0v) is 20.0. The number of fused-ring (bicyclic) bond motifs is 1. The molecule has 4 N–H and O–H groups in total. The van der Waals surface area contributed by atoms with Gasteiger partial charge in [0.15, 0.2) is 0 Å². The maximum absolute atomic E-state index is 13.6. The van der Waals surface area contributed by atoms with E-state index in [1.807, 2.05) is 60.7 Å². The number of nitrogens with one attached hydrogen (secondary N) is 2. The molecule has 0 radical (unpaired) electrons. The highest BCUT2D eigenvalue weighted by molar-refractivity contribution is 6.13. The molecule has 3 atom stereocenters. The van der Waals surface area contributed by atoms with E-state index in [-0.39, 0.29) is 36.2 Å². The van der Waals surface area contributed by atoms with Crippen LogP contribution in [0.4, 0.5) is 11.4 Å². The highest BCUT2D eigenvalue weighted by Gasteiger charge is 2.38. The van der Waals surface area contributed by atoms with Gasteiger partial charge >= 0.3 is 0 Å². The topological polar surface area (TPSA) is 105 Å². The number of benzene rings is 3. The van der Waals surface area contributed by atoms with E-state index < -0.39 is 6.04 Å². The first kappa shape index (κ1) is 23.8. The van der Waals surface area contributed by atoms with Gasteiger partial charge in [-0.2, -0.15) is 0 Å². The molecule has 2 aliphatic rings. The smallest absolute Gasteiger partial charge is 0.252 e. The molecule has 0 aromatic heterocycles. The van der Waals surface area contributed by atoms with Gasteiger partial charge < -0.3 is 16.4 Å². The van der Waals surface area contributed by atoms with Gasteiger partial charge in [0.05, 0.1) is 17.8 Å². The lowest BCUT2D eigenvalue weighted by Gasteiger charge is -2.37. The van der Waals surface area contributed by atoms with Crippen LogP contribution in [0.15, 0.2) is 78.9 Å².